The van der Waals surface area contributed by atoms with Crippen molar-refractivity contribution in [2.24, 2.45) is 0 Å². The van der Waals surface area contributed by atoms with Crippen molar-refractivity contribution in [3.63, 3.8) is 0 Å². The zero-order valence-corrected chi connectivity index (χ0v) is 13.4. The second-order valence-electron chi connectivity index (χ2n) is 6.01. The van der Waals surface area contributed by atoms with Gasteiger partial charge in [0.2, 0.25) is 0 Å². The Morgan fingerprint density at radius 3 is 2.46 bits per heavy atom. The van der Waals surface area contributed by atoms with E-state index in [1.165, 1.54) is 18.2 Å². The molecule has 2 aromatic carbocycles. The van der Waals surface area contributed by atoms with Crippen molar-refractivity contribution in [2.45, 2.75) is 26.3 Å². The van der Waals surface area contributed by atoms with Crippen LogP contribution in [0, 0.1) is 5.82 Å². The fourth-order valence-electron chi connectivity index (χ4n) is 2.54. The first-order valence-electron chi connectivity index (χ1n) is 7.65. The van der Waals surface area contributed by atoms with Gasteiger partial charge < -0.3 is 10.2 Å². The van der Waals surface area contributed by atoms with Crippen molar-refractivity contribution in [1.29, 1.82) is 0 Å². The highest BCUT2D eigenvalue weighted by Crippen LogP contribution is 2.36. The zero-order chi connectivity index (χ0) is 17.3. The molecule has 0 saturated heterocycles. The third kappa shape index (κ3) is 3.22. The van der Waals surface area contributed by atoms with Crippen LogP contribution in [0.15, 0.2) is 42.6 Å². The van der Waals surface area contributed by atoms with E-state index >= 15 is 0 Å². The summed E-state index contributed by atoms with van der Waals surface area (Å²) >= 11 is 0. The molecule has 0 aliphatic heterocycles. The normalized spacial score (nSPS) is 11.2. The highest BCUT2D eigenvalue weighted by atomic mass is 19.1. The molecule has 3 aromatic rings. The van der Waals surface area contributed by atoms with Crippen LogP contribution >= 0.6 is 0 Å². The van der Waals surface area contributed by atoms with Gasteiger partial charge in [0.05, 0.1) is 12.7 Å². The highest BCUT2D eigenvalue weighted by Gasteiger charge is 2.15. The smallest absolute Gasteiger partial charge is 0.128 e. The van der Waals surface area contributed by atoms with E-state index in [2.05, 4.69) is 10.3 Å². The number of hydrogen-bond donors (Lipinski definition) is 2. The van der Waals surface area contributed by atoms with E-state index in [9.17, 15) is 14.6 Å². The van der Waals surface area contributed by atoms with Crippen LogP contribution in [0.5, 0.6) is 11.5 Å². The van der Waals surface area contributed by atoms with Gasteiger partial charge in [0.25, 0.3) is 0 Å². The van der Waals surface area contributed by atoms with Crippen molar-refractivity contribution in [1.82, 2.24) is 15.0 Å². The van der Waals surface area contributed by atoms with Gasteiger partial charge in [0.1, 0.15) is 23.0 Å². The van der Waals surface area contributed by atoms with E-state index < -0.39 is 0 Å². The van der Waals surface area contributed by atoms with Crippen LogP contribution in [-0.4, -0.2) is 25.2 Å². The van der Waals surface area contributed by atoms with Crippen LogP contribution in [0.4, 0.5) is 4.39 Å². The lowest BCUT2D eigenvalue weighted by Gasteiger charge is -2.11. The van der Waals surface area contributed by atoms with Gasteiger partial charge in [-0.3, -0.25) is 0 Å². The molecule has 124 valence electrons. The zero-order valence-electron chi connectivity index (χ0n) is 13.4. The van der Waals surface area contributed by atoms with E-state index in [0.29, 0.717) is 17.8 Å². The molecule has 5 nitrogen and oxygen atoms in total. The molecule has 0 bridgehead atoms. The first-order chi connectivity index (χ1) is 11.4. The van der Waals surface area contributed by atoms with Crippen molar-refractivity contribution in [3.8, 4) is 22.8 Å². The number of halogens is 1. The Morgan fingerprint density at radius 2 is 1.79 bits per heavy atom. The monoisotopic (exact) mass is 327 g/mol. The summed E-state index contributed by atoms with van der Waals surface area (Å²) < 4.78 is 14.6. The van der Waals surface area contributed by atoms with Crippen LogP contribution in [-0.2, 0) is 6.54 Å². The molecule has 24 heavy (non-hydrogen) atoms. The molecular weight excluding hydrogens is 309 g/mol. The lowest BCUT2D eigenvalue weighted by molar-refractivity contribution is 0.445. The molecule has 1 aromatic heterocycles. The van der Waals surface area contributed by atoms with E-state index in [4.69, 9.17) is 0 Å². The van der Waals surface area contributed by atoms with Gasteiger partial charge in [0.15, 0.2) is 0 Å². The molecule has 0 aliphatic rings. The number of hydrogen-bond acceptors (Lipinski definition) is 4. The summed E-state index contributed by atoms with van der Waals surface area (Å²) in [5.41, 5.74) is 2.65. The number of phenolic OH excluding ortho intramolecular Hbond substituents is 2. The Labute approximate surface area is 139 Å². The Morgan fingerprint density at radius 1 is 1.08 bits per heavy atom. The maximum absolute atomic E-state index is 12.9. The van der Waals surface area contributed by atoms with Crippen molar-refractivity contribution >= 4 is 0 Å². The number of nitrogens with zero attached hydrogens (tertiary/aromatic N) is 3. The molecule has 3 rings (SSSR count). The summed E-state index contributed by atoms with van der Waals surface area (Å²) in [4.78, 5) is 0. The second-order valence-corrected chi connectivity index (χ2v) is 6.01. The molecule has 2 N–H and O–H groups in total. The van der Waals surface area contributed by atoms with Gasteiger partial charge in [-0.1, -0.05) is 31.2 Å². The highest BCUT2D eigenvalue weighted by molar-refractivity contribution is 5.69. The van der Waals surface area contributed by atoms with Crippen LogP contribution in [0.2, 0.25) is 0 Å². The van der Waals surface area contributed by atoms with Gasteiger partial charge in [0, 0.05) is 11.6 Å². The standard InChI is InChI=1S/C18H18FN3O2/c1-11(2)14-7-15(18(24)8-17(14)23)16-10-22(21-20-16)9-12-3-5-13(19)6-4-12/h3-8,10-11,23-24H,9H2,1-2H3. The van der Waals surface area contributed by atoms with Gasteiger partial charge >= 0.3 is 0 Å². The Balaban J connectivity index is 1.90. The minimum absolute atomic E-state index is 0.0502. The van der Waals surface area contributed by atoms with Crippen molar-refractivity contribution in [2.75, 3.05) is 0 Å². The molecule has 1 heterocycles. The molecule has 0 spiro atoms. The molecule has 0 aliphatic carbocycles. The Hall–Kier alpha value is -2.89. The third-order valence-corrected chi connectivity index (χ3v) is 3.84. The first-order valence-corrected chi connectivity index (χ1v) is 7.65. The fourth-order valence-corrected chi connectivity index (χ4v) is 2.54. The Bertz CT molecular complexity index is 857. The van der Waals surface area contributed by atoms with E-state index in [-0.39, 0.29) is 23.2 Å². The van der Waals surface area contributed by atoms with Crippen molar-refractivity contribution in [3.05, 3.63) is 59.5 Å². The largest absolute Gasteiger partial charge is 0.508 e. The molecule has 0 unspecified atom stereocenters. The first kappa shape index (κ1) is 16.0. The number of aromatic hydroxyl groups is 2. The van der Waals surface area contributed by atoms with Gasteiger partial charge in [-0.15, -0.1) is 5.10 Å². The van der Waals surface area contributed by atoms with Gasteiger partial charge in [-0.25, -0.2) is 9.07 Å². The molecule has 0 fully saturated rings. The molecule has 0 saturated carbocycles. The minimum Gasteiger partial charge on any atom is -0.508 e. The second kappa shape index (κ2) is 6.31. The quantitative estimate of drug-likeness (QED) is 0.767. The predicted molar refractivity (Wildman–Crippen MR) is 88.4 cm³/mol. The lowest BCUT2D eigenvalue weighted by atomic mass is 9.98. The average Bonchev–Trinajstić information content (AvgIpc) is 2.97. The van der Waals surface area contributed by atoms with Crippen LogP contribution in [0.25, 0.3) is 11.3 Å². The van der Waals surface area contributed by atoms with Crippen molar-refractivity contribution < 1.29 is 14.6 Å². The number of benzene rings is 2. The van der Waals surface area contributed by atoms with E-state index in [0.717, 1.165) is 11.1 Å². The molecular formula is C18H18FN3O2. The summed E-state index contributed by atoms with van der Waals surface area (Å²) in [6.45, 7) is 4.37. The summed E-state index contributed by atoms with van der Waals surface area (Å²) in [6, 6.07) is 9.21. The average molecular weight is 327 g/mol. The van der Waals surface area contributed by atoms with Gasteiger partial charge in [-0.05, 0) is 35.2 Å². The number of rotatable bonds is 4. The van der Waals surface area contributed by atoms with E-state index in [1.54, 1.807) is 29.1 Å². The van der Waals surface area contributed by atoms with Crippen LogP contribution in [0.3, 0.4) is 0 Å². The lowest BCUT2D eigenvalue weighted by Crippen LogP contribution is -2.00. The summed E-state index contributed by atoms with van der Waals surface area (Å²) in [5.74, 6) is -0.164. The van der Waals surface area contributed by atoms with Gasteiger partial charge in [-0.2, -0.15) is 0 Å². The summed E-state index contributed by atoms with van der Waals surface area (Å²) in [7, 11) is 0. The maximum atomic E-state index is 12.9. The maximum Gasteiger partial charge on any atom is 0.128 e. The molecule has 0 radical (unpaired) electrons. The SMILES string of the molecule is CC(C)c1cc(-c2cn(Cc3ccc(F)cc3)nn2)c(O)cc1O. The Kier molecular flexibility index (Phi) is 4.20. The van der Waals surface area contributed by atoms with Crippen LogP contribution < -0.4 is 0 Å². The predicted octanol–water partition coefficient (Wildman–Crippen LogP) is 3.67. The van der Waals surface area contributed by atoms with Crippen LogP contribution in [0.1, 0.15) is 30.9 Å². The number of phenols is 2. The third-order valence-electron chi connectivity index (χ3n) is 3.84. The minimum atomic E-state index is -0.284. The number of aromatic nitrogens is 3. The van der Waals surface area contributed by atoms with E-state index in [1.807, 2.05) is 13.8 Å². The molecule has 0 amide bonds. The topological polar surface area (TPSA) is 71.2 Å². The summed E-state index contributed by atoms with van der Waals surface area (Å²) in [6.07, 6.45) is 1.71. The molecule has 6 heteroatoms. The molecule has 0 atom stereocenters. The summed E-state index contributed by atoms with van der Waals surface area (Å²) in [5, 5.41) is 28.2. The fraction of sp³-hybridized carbons (Fsp3) is 0.222.